The van der Waals surface area contributed by atoms with Gasteiger partial charge in [-0.1, -0.05) is 31.0 Å². The topological polar surface area (TPSA) is 23.6 Å². The van der Waals surface area contributed by atoms with Crippen molar-refractivity contribution in [2.75, 3.05) is 19.0 Å². The molecule has 0 aliphatic heterocycles. The summed E-state index contributed by atoms with van der Waals surface area (Å²) in [6.45, 7) is 0. The summed E-state index contributed by atoms with van der Waals surface area (Å²) in [5.41, 5.74) is 0.855. The van der Waals surface area contributed by atoms with Crippen LogP contribution >= 0.6 is 12.8 Å². The lowest BCUT2D eigenvalue weighted by atomic mass is 10.3. The summed E-state index contributed by atoms with van der Waals surface area (Å²) in [5, 5.41) is 0. The molecule has 0 saturated carbocycles. The number of urea groups is 1. The van der Waals surface area contributed by atoms with Crippen molar-refractivity contribution in [3.8, 4) is 0 Å². The zero-order chi connectivity index (χ0) is 9.84. The van der Waals surface area contributed by atoms with Crippen LogP contribution in [0, 0.1) is 0 Å². The molecule has 0 N–H and O–H groups in total. The molecule has 0 atom stereocenters. The first-order valence-corrected chi connectivity index (χ1v) is 4.28. The van der Waals surface area contributed by atoms with Gasteiger partial charge < -0.3 is 0 Å². The third-order valence-electron chi connectivity index (χ3n) is 1.71. The minimum absolute atomic E-state index is 0.158. The van der Waals surface area contributed by atoms with E-state index in [1.165, 1.54) is 9.21 Å². The number of hydrogen-bond donors (Lipinski definition) is 1. The van der Waals surface area contributed by atoms with Gasteiger partial charge >= 0.3 is 6.03 Å². The number of carbonyl (C=O) groups excluding carboxylic acids is 1. The highest BCUT2D eigenvalue weighted by Crippen LogP contribution is 2.12. The molecule has 0 spiro atoms. The Hall–Kier alpha value is -1.16. The highest BCUT2D eigenvalue weighted by molar-refractivity contribution is 7.78. The lowest BCUT2D eigenvalue weighted by Crippen LogP contribution is -2.33. The second-order valence-corrected chi connectivity index (χ2v) is 3.30. The molecule has 4 heteroatoms. The van der Waals surface area contributed by atoms with Gasteiger partial charge in [0, 0.05) is 19.8 Å². The number of carbonyl (C=O) groups is 1. The van der Waals surface area contributed by atoms with Crippen molar-refractivity contribution in [3.05, 3.63) is 30.3 Å². The van der Waals surface area contributed by atoms with Crippen LogP contribution in [-0.4, -0.2) is 24.4 Å². The summed E-state index contributed by atoms with van der Waals surface area (Å²) >= 11 is 3.92. The Labute approximate surface area is 83.5 Å². The molecule has 1 rings (SSSR count). The molecular weight excluding hydrogens is 184 g/mol. The van der Waals surface area contributed by atoms with E-state index in [1.807, 2.05) is 30.3 Å². The molecular formula is C9H12N2OS. The van der Waals surface area contributed by atoms with E-state index in [1.54, 1.807) is 14.1 Å². The average molecular weight is 196 g/mol. The molecule has 0 fully saturated rings. The molecule has 0 aromatic heterocycles. The molecule has 70 valence electrons. The van der Waals surface area contributed by atoms with Gasteiger partial charge in [0.05, 0.1) is 0 Å². The van der Waals surface area contributed by atoms with E-state index in [9.17, 15) is 4.79 Å². The summed E-state index contributed by atoms with van der Waals surface area (Å²) in [6.07, 6.45) is 0. The highest BCUT2D eigenvalue weighted by Gasteiger charge is 2.11. The van der Waals surface area contributed by atoms with Crippen LogP contribution in [0.4, 0.5) is 10.5 Å². The molecule has 1 aromatic carbocycles. The smallest absolute Gasteiger partial charge is 0.297 e. The van der Waals surface area contributed by atoms with Crippen molar-refractivity contribution in [2.45, 2.75) is 0 Å². The molecule has 0 bridgehead atoms. The van der Waals surface area contributed by atoms with Crippen molar-refractivity contribution >= 4 is 24.5 Å². The van der Waals surface area contributed by atoms with Gasteiger partial charge in [0.15, 0.2) is 0 Å². The third kappa shape index (κ3) is 2.39. The summed E-state index contributed by atoms with van der Waals surface area (Å²) < 4.78 is 1.24. The zero-order valence-corrected chi connectivity index (χ0v) is 8.53. The maximum atomic E-state index is 11.4. The maximum absolute atomic E-state index is 11.4. The normalized spacial score (nSPS) is 9.46. The van der Waals surface area contributed by atoms with Gasteiger partial charge in [-0.2, -0.15) is 0 Å². The third-order valence-corrected chi connectivity index (χ3v) is 1.88. The van der Waals surface area contributed by atoms with Crippen molar-refractivity contribution in [3.63, 3.8) is 0 Å². The van der Waals surface area contributed by atoms with Crippen LogP contribution in [0.2, 0.25) is 0 Å². The molecule has 0 radical (unpaired) electrons. The number of anilines is 1. The van der Waals surface area contributed by atoms with Gasteiger partial charge in [-0.25, -0.2) is 4.79 Å². The van der Waals surface area contributed by atoms with E-state index >= 15 is 0 Å². The van der Waals surface area contributed by atoms with Crippen LogP contribution in [0.5, 0.6) is 0 Å². The van der Waals surface area contributed by atoms with Crippen molar-refractivity contribution in [1.29, 1.82) is 0 Å². The monoisotopic (exact) mass is 196 g/mol. The van der Waals surface area contributed by atoms with E-state index in [-0.39, 0.29) is 6.03 Å². The molecule has 3 nitrogen and oxygen atoms in total. The van der Waals surface area contributed by atoms with E-state index in [0.717, 1.165) is 5.69 Å². The quantitative estimate of drug-likeness (QED) is 0.682. The number of amides is 2. The second kappa shape index (κ2) is 4.18. The first kappa shape index (κ1) is 9.92. The Bertz CT molecular complexity index is 287. The zero-order valence-electron chi connectivity index (χ0n) is 7.64. The number of thiol groups is 1. The summed E-state index contributed by atoms with van der Waals surface area (Å²) in [6, 6.07) is 9.26. The van der Waals surface area contributed by atoms with E-state index < -0.39 is 0 Å². The van der Waals surface area contributed by atoms with E-state index in [2.05, 4.69) is 12.8 Å². The lowest BCUT2D eigenvalue weighted by molar-refractivity contribution is 0.238. The molecule has 0 heterocycles. The predicted molar refractivity (Wildman–Crippen MR) is 57.0 cm³/mol. The summed E-state index contributed by atoms with van der Waals surface area (Å²) in [5.74, 6) is 0. The SMILES string of the molecule is CN(S)C(=O)N(C)c1ccccc1. The fourth-order valence-corrected chi connectivity index (χ4v) is 1.11. The van der Waals surface area contributed by atoms with Crippen LogP contribution in [0.15, 0.2) is 30.3 Å². The van der Waals surface area contributed by atoms with Crippen LogP contribution in [0.25, 0.3) is 0 Å². The maximum Gasteiger partial charge on any atom is 0.333 e. The first-order chi connectivity index (χ1) is 6.13. The van der Waals surface area contributed by atoms with Gasteiger partial charge in [0.1, 0.15) is 0 Å². The van der Waals surface area contributed by atoms with Crippen molar-refractivity contribution < 1.29 is 4.79 Å². The minimum Gasteiger partial charge on any atom is -0.297 e. The summed E-state index contributed by atoms with van der Waals surface area (Å²) in [7, 11) is 3.31. The first-order valence-electron chi connectivity index (χ1n) is 3.88. The molecule has 0 unspecified atom stereocenters. The van der Waals surface area contributed by atoms with Crippen molar-refractivity contribution in [1.82, 2.24) is 4.31 Å². The minimum atomic E-state index is -0.158. The number of rotatable bonds is 1. The van der Waals surface area contributed by atoms with Crippen LogP contribution in [-0.2, 0) is 0 Å². The van der Waals surface area contributed by atoms with E-state index in [4.69, 9.17) is 0 Å². The van der Waals surface area contributed by atoms with Crippen LogP contribution in [0.3, 0.4) is 0 Å². The Kier molecular flexibility index (Phi) is 3.19. The summed E-state index contributed by atoms with van der Waals surface area (Å²) in [4.78, 5) is 13.0. The number of hydrogen-bond acceptors (Lipinski definition) is 2. The highest BCUT2D eigenvalue weighted by atomic mass is 32.1. The molecule has 0 aliphatic rings. The Morgan fingerprint density at radius 3 is 2.23 bits per heavy atom. The largest absolute Gasteiger partial charge is 0.333 e. The van der Waals surface area contributed by atoms with Crippen molar-refractivity contribution in [2.24, 2.45) is 0 Å². The van der Waals surface area contributed by atoms with Gasteiger partial charge in [0.25, 0.3) is 0 Å². The lowest BCUT2D eigenvalue weighted by Gasteiger charge is -2.20. The number of nitrogens with zero attached hydrogens (tertiary/aromatic N) is 2. The van der Waals surface area contributed by atoms with E-state index in [0.29, 0.717) is 0 Å². The number of para-hydroxylation sites is 1. The van der Waals surface area contributed by atoms with Gasteiger partial charge in [-0.3, -0.25) is 9.21 Å². The van der Waals surface area contributed by atoms with Gasteiger partial charge in [-0.05, 0) is 12.1 Å². The van der Waals surface area contributed by atoms with Crippen LogP contribution < -0.4 is 4.90 Å². The predicted octanol–water partition coefficient (Wildman–Crippen LogP) is 2.02. The van der Waals surface area contributed by atoms with Crippen LogP contribution in [0.1, 0.15) is 0 Å². The average Bonchev–Trinajstić information content (AvgIpc) is 2.17. The molecule has 13 heavy (non-hydrogen) atoms. The molecule has 2 amide bonds. The fraction of sp³-hybridized carbons (Fsp3) is 0.222. The second-order valence-electron chi connectivity index (χ2n) is 2.70. The Balaban J connectivity index is 2.80. The molecule has 0 aliphatic carbocycles. The standard InChI is InChI=1S/C9H12N2OS/c1-10(9(12)11(2)13)8-6-4-3-5-7-8/h3-7,13H,1-2H3. The van der Waals surface area contributed by atoms with Gasteiger partial charge in [0.2, 0.25) is 0 Å². The molecule has 1 aromatic rings. The molecule has 0 saturated heterocycles. The fourth-order valence-electron chi connectivity index (χ4n) is 0.979. The Morgan fingerprint density at radius 2 is 1.77 bits per heavy atom. The Morgan fingerprint density at radius 1 is 1.23 bits per heavy atom. The van der Waals surface area contributed by atoms with Gasteiger partial charge in [-0.15, -0.1) is 0 Å². The number of benzene rings is 1.